The van der Waals surface area contributed by atoms with Crippen LogP contribution in [0.5, 0.6) is 11.5 Å². The average Bonchev–Trinajstić information content (AvgIpc) is 2.72. The minimum atomic E-state index is -0.242. The minimum absolute atomic E-state index is 0.0907. The fourth-order valence-corrected chi connectivity index (χ4v) is 2.93. The van der Waals surface area contributed by atoms with Crippen LogP contribution in [0.2, 0.25) is 0 Å². The number of halogens is 1. The summed E-state index contributed by atoms with van der Waals surface area (Å²) in [6.07, 6.45) is 0. The number of hydrogen-bond acceptors (Lipinski definition) is 4. The number of amides is 2. The quantitative estimate of drug-likeness (QED) is 0.791. The van der Waals surface area contributed by atoms with E-state index in [9.17, 15) is 9.18 Å². The van der Waals surface area contributed by atoms with Gasteiger partial charge in [-0.1, -0.05) is 0 Å². The summed E-state index contributed by atoms with van der Waals surface area (Å²) in [6.45, 7) is 3.53. The third-order valence-electron chi connectivity index (χ3n) is 4.47. The Labute approximate surface area is 158 Å². The summed E-state index contributed by atoms with van der Waals surface area (Å²) in [4.78, 5) is 16.2. The summed E-state index contributed by atoms with van der Waals surface area (Å²) in [5, 5.41) is 2.88. The van der Waals surface area contributed by atoms with Gasteiger partial charge in [0.1, 0.15) is 23.9 Å². The second-order valence-electron chi connectivity index (χ2n) is 6.21. The van der Waals surface area contributed by atoms with Gasteiger partial charge >= 0.3 is 6.03 Å². The van der Waals surface area contributed by atoms with Crippen LogP contribution in [-0.2, 0) is 0 Å². The molecule has 1 aliphatic rings. The second-order valence-corrected chi connectivity index (χ2v) is 6.21. The molecule has 1 aliphatic heterocycles. The zero-order valence-electron chi connectivity index (χ0n) is 15.4. The molecule has 1 fully saturated rings. The molecule has 7 heteroatoms. The Hall–Kier alpha value is -2.96. The van der Waals surface area contributed by atoms with E-state index in [4.69, 9.17) is 9.47 Å². The first-order valence-electron chi connectivity index (χ1n) is 8.96. The molecule has 0 aliphatic carbocycles. The monoisotopic (exact) mass is 373 g/mol. The second kappa shape index (κ2) is 9.12. The van der Waals surface area contributed by atoms with Gasteiger partial charge in [-0.2, -0.15) is 0 Å². The molecule has 0 saturated carbocycles. The normalized spacial score (nSPS) is 14.0. The summed E-state index contributed by atoms with van der Waals surface area (Å²) < 4.78 is 23.7. The van der Waals surface area contributed by atoms with Gasteiger partial charge in [0.25, 0.3) is 0 Å². The lowest BCUT2D eigenvalue weighted by Gasteiger charge is -2.36. The molecule has 0 atom stereocenters. The predicted molar refractivity (Wildman–Crippen MR) is 102 cm³/mol. The van der Waals surface area contributed by atoms with Crippen molar-refractivity contribution in [3.05, 3.63) is 54.3 Å². The van der Waals surface area contributed by atoms with E-state index in [1.165, 1.54) is 12.1 Å². The molecule has 2 amide bonds. The minimum Gasteiger partial charge on any atom is -0.497 e. The van der Waals surface area contributed by atoms with Gasteiger partial charge in [-0.05, 0) is 48.5 Å². The number of urea groups is 1. The van der Waals surface area contributed by atoms with Crippen molar-refractivity contribution < 1.29 is 18.7 Å². The summed E-state index contributed by atoms with van der Waals surface area (Å²) >= 11 is 0. The number of nitrogens with zero attached hydrogens (tertiary/aromatic N) is 2. The van der Waals surface area contributed by atoms with Gasteiger partial charge in [0.05, 0.1) is 13.7 Å². The average molecular weight is 373 g/mol. The number of carbonyl (C=O) groups excluding carboxylic acids is 1. The largest absolute Gasteiger partial charge is 0.497 e. The van der Waals surface area contributed by atoms with Crippen molar-refractivity contribution in [3.63, 3.8) is 0 Å². The zero-order chi connectivity index (χ0) is 19.1. The Kier molecular flexibility index (Phi) is 6.35. The van der Waals surface area contributed by atoms with Crippen molar-refractivity contribution >= 4 is 11.7 Å². The van der Waals surface area contributed by atoms with Gasteiger partial charge in [0.2, 0.25) is 0 Å². The SMILES string of the molecule is COc1ccc(OCCNC(=O)N2CCN(c3ccc(F)cc3)CC2)cc1. The van der Waals surface area contributed by atoms with Crippen LogP contribution in [0.3, 0.4) is 0 Å². The highest BCUT2D eigenvalue weighted by atomic mass is 19.1. The molecule has 0 unspecified atom stereocenters. The van der Waals surface area contributed by atoms with E-state index in [0.29, 0.717) is 26.2 Å². The summed E-state index contributed by atoms with van der Waals surface area (Å²) in [6, 6.07) is 13.7. The Bertz CT molecular complexity index is 729. The first-order valence-corrected chi connectivity index (χ1v) is 8.96. The van der Waals surface area contributed by atoms with Crippen LogP contribution in [-0.4, -0.2) is 57.4 Å². The molecule has 27 heavy (non-hydrogen) atoms. The molecule has 144 valence electrons. The first-order chi connectivity index (χ1) is 13.2. The van der Waals surface area contributed by atoms with E-state index >= 15 is 0 Å². The molecule has 6 nitrogen and oxygen atoms in total. The highest BCUT2D eigenvalue weighted by Crippen LogP contribution is 2.17. The van der Waals surface area contributed by atoms with Crippen molar-refractivity contribution in [2.24, 2.45) is 0 Å². The number of carbonyl (C=O) groups is 1. The lowest BCUT2D eigenvalue weighted by molar-refractivity contribution is 0.191. The van der Waals surface area contributed by atoms with Crippen LogP contribution in [0.15, 0.2) is 48.5 Å². The molecule has 2 aromatic rings. The van der Waals surface area contributed by atoms with Crippen LogP contribution in [0, 0.1) is 5.82 Å². The van der Waals surface area contributed by atoms with E-state index in [1.807, 2.05) is 24.3 Å². The number of nitrogens with one attached hydrogen (secondary N) is 1. The molecular weight excluding hydrogens is 349 g/mol. The Morgan fingerprint density at radius 3 is 2.26 bits per heavy atom. The summed E-state index contributed by atoms with van der Waals surface area (Å²) in [5.41, 5.74) is 0.976. The number of anilines is 1. The molecule has 0 radical (unpaired) electrons. The molecule has 1 N–H and O–H groups in total. The Morgan fingerprint density at radius 2 is 1.63 bits per heavy atom. The molecule has 3 rings (SSSR count). The summed E-state index contributed by atoms with van der Waals surface area (Å²) in [7, 11) is 1.62. The highest BCUT2D eigenvalue weighted by Gasteiger charge is 2.20. The first kappa shape index (κ1) is 18.8. The smallest absolute Gasteiger partial charge is 0.317 e. The number of rotatable bonds is 6. The van der Waals surface area contributed by atoms with Crippen molar-refractivity contribution in [2.75, 3.05) is 51.3 Å². The van der Waals surface area contributed by atoms with E-state index in [2.05, 4.69) is 10.2 Å². The maximum absolute atomic E-state index is 13.0. The van der Waals surface area contributed by atoms with Crippen LogP contribution < -0.4 is 19.7 Å². The number of piperazine rings is 1. The van der Waals surface area contributed by atoms with Crippen molar-refractivity contribution in [1.82, 2.24) is 10.2 Å². The van der Waals surface area contributed by atoms with E-state index in [0.717, 1.165) is 30.3 Å². The van der Waals surface area contributed by atoms with Gasteiger partial charge in [0, 0.05) is 31.9 Å². The standard InChI is InChI=1S/C20H24FN3O3/c1-26-18-6-8-19(9-7-18)27-15-10-22-20(25)24-13-11-23(12-14-24)17-4-2-16(21)3-5-17/h2-9H,10-15H2,1H3,(H,22,25). The lowest BCUT2D eigenvalue weighted by atomic mass is 10.2. The van der Waals surface area contributed by atoms with Gasteiger partial charge in [0.15, 0.2) is 0 Å². The molecule has 0 aromatic heterocycles. The van der Waals surface area contributed by atoms with E-state index in [1.54, 1.807) is 24.1 Å². The zero-order valence-corrected chi connectivity index (χ0v) is 15.4. The Balaban J connectivity index is 1.36. The molecule has 1 heterocycles. The van der Waals surface area contributed by atoms with Gasteiger partial charge in [-0.3, -0.25) is 0 Å². The molecule has 2 aromatic carbocycles. The molecule has 1 saturated heterocycles. The van der Waals surface area contributed by atoms with Gasteiger partial charge in [-0.25, -0.2) is 9.18 Å². The number of benzene rings is 2. The number of methoxy groups -OCH3 is 1. The van der Waals surface area contributed by atoms with E-state index < -0.39 is 0 Å². The van der Waals surface area contributed by atoms with Crippen molar-refractivity contribution in [1.29, 1.82) is 0 Å². The predicted octanol–water partition coefficient (Wildman–Crippen LogP) is 2.74. The fraction of sp³-hybridized carbons (Fsp3) is 0.350. The van der Waals surface area contributed by atoms with E-state index in [-0.39, 0.29) is 11.8 Å². The van der Waals surface area contributed by atoms with Crippen LogP contribution in [0.1, 0.15) is 0 Å². The van der Waals surface area contributed by atoms with Gasteiger partial charge in [-0.15, -0.1) is 0 Å². The maximum Gasteiger partial charge on any atom is 0.317 e. The van der Waals surface area contributed by atoms with Crippen LogP contribution >= 0.6 is 0 Å². The fourth-order valence-electron chi connectivity index (χ4n) is 2.93. The van der Waals surface area contributed by atoms with Crippen LogP contribution in [0.4, 0.5) is 14.9 Å². The third kappa shape index (κ3) is 5.26. The highest BCUT2D eigenvalue weighted by molar-refractivity contribution is 5.74. The van der Waals surface area contributed by atoms with Crippen LogP contribution in [0.25, 0.3) is 0 Å². The topological polar surface area (TPSA) is 54.0 Å². The lowest BCUT2D eigenvalue weighted by Crippen LogP contribution is -2.52. The maximum atomic E-state index is 13.0. The Morgan fingerprint density at radius 1 is 1.00 bits per heavy atom. The molecular formula is C20H24FN3O3. The number of ether oxygens (including phenoxy) is 2. The molecule has 0 bridgehead atoms. The number of hydrogen-bond donors (Lipinski definition) is 1. The van der Waals surface area contributed by atoms with Crippen molar-refractivity contribution in [3.8, 4) is 11.5 Å². The molecule has 0 spiro atoms. The van der Waals surface area contributed by atoms with Crippen molar-refractivity contribution in [2.45, 2.75) is 0 Å². The summed E-state index contributed by atoms with van der Waals surface area (Å²) in [5.74, 6) is 1.27. The third-order valence-corrected chi connectivity index (χ3v) is 4.47. The van der Waals surface area contributed by atoms with Gasteiger partial charge < -0.3 is 24.6 Å².